The maximum Gasteiger partial charge on any atom is 0.338 e. The molecule has 0 aliphatic rings. The first-order valence-corrected chi connectivity index (χ1v) is 11.3. The van der Waals surface area contributed by atoms with Gasteiger partial charge in [-0.1, -0.05) is 25.8 Å². The number of ether oxygens (including phenoxy) is 5. The summed E-state index contributed by atoms with van der Waals surface area (Å²) in [4.78, 5) is 23.3. The SMILES string of the molecule is C=C(C)C(=O)OCCOc1cc(OCCOC(O)C(=C)C)cc(-c2ccc(OC(=O)C(=C)C)c(F)c2)c1. The van der Waals surface area contributed by atoms with E-state index >= 15 is 0 Å². The Morgan fingerprint density at radius 1 is 0.838 bits per heavy atom. The predicted octanol–water partition coefficient (Wildman–Crippen LogP) is 4.76. The van der Waals surface area contributed by atoms with Crippen molar-refractivity contribution in [2.45, 2.75) is 27.1 Å². The van der Waals surface area contributed by atoms with Crippen molar-refractivity contribution in [3.63, 3.8) is 0 Å². The molecule has 2 rings (SSSR count). The summed E-state index contributed by atoms with van der Waals surface area (Å²) in [6.07, 6.45) is -1.10. The van der Waals surface area contributed by atoms with Gasteiger partial charge in [0.05, 0.1) is 6.61 Å². The van der Waals surface area contributed by atoms with E-state index in [9.17, 15) is 19.1 Å². The fourth-order valence-electron chi connectivity index (χ4n) is 2.73. The molecular formula is C28H31FO8. The molecule has 1 N–H and O–H groups in total. The third kappa shape index (κ3) is 9.55. The van der Waals surface area contributed by atoms with Gasteiger partial charge in [0.25, 0.3) is 0 Å². The largest absolute Gasteiger partial charge is 0.491 e. The minimum Gasteiger partial charge on any atom is -0.491 e. The van der Waals surface area contributed by atoms with Crippen molar-refractivity contribution < 1.29 is 42.8 Å². The van der Waals surface area contributed by atoms with Crippen LogP contribution in [0.25, 0.3) is 11.1 Å². The quantitative estimate of drug-likeness (QED) is 0.0962. The van der Waals surface area contributed by atoms with Crippen molar-refractivity contribution in [2.24, 2.45) is 0 Å². The van der Waals surface area contributed by atoms with Gasteiger partial charge >= 0.3 is 11.9 Å². The van der Waals surface area contributed by atoms with E-state index in [0.717, 1.165) is 0 Å². The summed E-state index contributed by atoms with van der Waals surface area (Å²) >= 11 is 0. The molecule has 0 fully saturated rings. The molecule has 0 saturated heterocycles. The zero-order valence-corrected chi connectivity index (χ0v) is 21.2. The van der Waals surface area contributed by atoms with Crippen LogP contribution in [0.5, 0.6) is 17.2 Å². The van der Waals surface area contributed by atoms with Crippen LogP contribution in [0.2, 0.25) is 0 Å². The highest BCUT2D eigenvalue weighted by atomic mass is 19.1. The molecule has 0 spiro atoms. The molecule has 0 heterocycles. The van der Waals surface area contributed by atoms with Crippen LogP contribution in [0.1, 0.15) is 20.8 Å². The Hall–Kier alpha value is -3.95. The van der Waals surface area contributed by atoms with E-state index < -0.39 is 24.0 Å². The van der Waals surface area contributed by atoms with Crippen LogP contribution in [0.4, 0.5) is 4.39 Å². The molecule has 9 heteroatoms. The zero-order valence-electron chi connectivity index (χ0n) is 21.2. The second-order valence-corrected chi connectivity index (χ2v) is 8.19. The fraction of sp³-hybridized carbons (Fsp3) is 0.286. The Kier molecular flexibility index (Phi) is 11.0. The summed E-state index contributed by atoms with van der Waals surface area (Å²) in [6, 6.07) is 9.06. The minimum absolute atomic E-state index is 0.00381. The predicted molar refractivity (Wildman–Crippen MR) is 136 cm³/mol. The van der Waals surface area contributed by atoms with Crippen LogP contribution in [-0.4, -0.2) is 49.8 Å². The zero-order chi connectivity index (χ0) is 27.5. The van der Waals surface area contributed by atoms with Crippen LogP contribution in [0, 0.1) is 5.82 Å². The van der Waals surface area contributed by atoms with Gasteiger partial charge in [0.2, 0.25) is 0 Å². The standard InChI is InChI=1S/C28H31FO8/c1-17(2)26(30)35-11-9-33-22-13-21(14-23(16-22)34-10-12-36-27(31)18(3)4)20-7-8-25(24(29)15-20)37-28(32)19(5)6/h7-8,13-16,26,30H,1,3,5,9-12H2,2,4,6H3. The van der Waals surface area contributed by atoms with Gasteiger partial charge in [0.1, 0.15) is 31.3 Å². The Labute approximate surface area is 215 Å². The highest BCUT2D eigenvalue weighted by Gasteiger charge is 2.13. The monoisotopic (exact) mass is 514 g/mol. The lowest BCUT2D eigenvalue weighted by molar-refractivity contribution is -0.139. The highest BCUT2D eigenvalue weighted by molar-refractivity contribution is 5.89. The topological polar surface area (TPSA) is 101 Å². The van der Waals surface area contributed by atoms with Gasteiger partial charge in [-0.2, -0.15) is 0 Å². The second kappa shape index (κ2) is 14.0. The molecule has 37 heavy (non-hydrogen) atoms. The third-order valence-corrected chi connectivity index (χ3v) is 4.68. The average molecular weight is 515 g/mol. The van der Waals surface area contributed by atoms with Crippen LogP contribution >= 0.6 is 0 Å². The molecule has 1 atom stereocenters. The van der Waals surface area contributed by atoms with Gasteiger partial charge in [-0.05, 0) is 61.7 Å². The number of hydrogen-bond acceptors (Lipinski definition) is 8. The second-order valence-electron chi connectivity index (χ2n) is 8.19. The Bertz CT molecular complexity index is 1170. The maximum atomic E-state index is 14.7. The first-order chi connectivity index (χ1) is 17.5. The van der Waals surface area contributed by atoms with Gasteiger partial charge in [-0.25, -0.2) is 14.0 Å². The molecule has 0 radical (unpaired) electrons. The van der Waals surface area contributed by atoms with Crippen molar-refractivity contribution in [3.8, 4) is 28.4 Å². The minimum atomic E-state index is -1.10. The first-order valence-electron chi connectivity index (χ1n) is 11.3. The number of esters is 2. The summed E-state index contributed by atoms with van der Waals surface area (Å²) in [7, 11) is 0. The third-order valence-electron chi connectivity index (χ3n) is 4.68. The van der Waals surface area contributed by atoms with E-state index in [1.165, 1.54) is 19.1 Å². The van der Waals surface area contributed by atoms with Crippen molar-refractivity contribution >= 4 is 11.9 Å². The molecule has 2 aromatic rings. The lowest BCUT2D eigenvalue weighted by Crippen LogP contribution is -2.17. The van der Waals surface area contributed by atoms with Crippen LogP contribution in [-0.2, 0) is 19.1 Å². The number of rotatable bonds is 14. The summed E-state index contributed by atoms with van der Waals surface area (Å²) in [6.45, 7) is 15.5. The van der Waals surface area contributed by atoms with Gasteiger partial charge in [-0.3, -0.25) is 0 Å². The van der Waals surface area contributed by atoms with Crippen molar-refractivity contribution in [1.29, 1.82) is 0 Å². The van der Waals surface area contributed by atoms with Crippen LogP contribution < -0.4 is 14.2 Å². The maximum absolute atomic E-state index is 14.7. The number of aliphatic hydroxyl groups is 1. The van der Waals surface area contributed by atoms with E-state index in [-0.39, 0.29) is 43.3 Å². The number of benzene rings is 2. The van der Waals surface area contributed by atoms with Gasteiger partial charge in [0, 0.05) is 17.2 Å². The smallest absolute Gasteiger partial charge is 0.338 e. The summed E-state index contributed by atoms with van der Waals surface area (Å²) < 4.78 is 41.3. The van der Waals surface area contributed by atoms with E-state index in [2.05, 4.69) is 19.7 Å². The van der Waals surface area contributed by atoms with Crippen LogP contribution in [0.15, 0.2) is 72.9 Å². The van der Waals surface area contributed by atoms with E-state index in [0.29, 0.717) is 28.2 Å². The Morgan fingerprint density at radius 3 is 1.97 bits per heavy atom. The highest BCUT2D eigenvalue weighted by Crippen LogP contribution is 2.32. The Balaban J connectivity index is 2.21. The molecule has 0 amide bonds. The fourth-order valence-corrected chi connectivity index (χ4v) is 2.73. The van der Waals surface area contributed by atoms with Crippen molar-refractivity contribution in [3.05, 3.63) is 78.7 Å². The molecule has 0 aliphatic carbocycles. The molecule has 0 aromatic heterocycles. The number of hydrogen-bond donors (Lipinski definition) is 1. The van der Waals surface area contributed by atoms with Crippen molar-refractivity contribution in [1.82, 2.24) is 0 Å². The van der Waals surface area contributed by atoms with Crippen molar-refractivity contribution in [2.75, 3.05) is 26.4 Å². The number of carbonyl (C=O) groups excluding carboxylic acids is 2. The molecule has 0 aliphatic heterocycles. The molecular weight excluding hydrogens is 483 g/mol. The average Bonchev–Trinajstić information content (AvgIpc) is 2.84. The summed E-state index contributed by atoms with van der Waals surface area (Å²) in [5.41, 5.74) is 1.89. The van der Waals surface area contributed by atoms with E-state index in [1.807, 2.05) is 0 Å². The molecule has 0 bridgehead atoms. The summed E-state index contributed by atoms with van der Waals surface area (Å²) in [5, 5.41) is 9.68. The number of aliphatic hydroxyl groups excluding tert-OH is 1. The normalized spacial score (nSPS) is 11.3. The van der Waals surface area contributed by atoms with Gasteiger partial charge in [0.15, 0.2) is 17.9 Å². The molecule has 1 unspecified atom stereocenters. The number of halogens is 1. The molecule has 2 aromatic carbocycles. The lowest BCUT2D eigenvalue weighted by atomic mass is 10.0. The van der Waals surface area contributed by atoms with E-state index in [1.54, 1.807) is 38.1 Å². The first kappa shape index (κ1) is 29.3. The number of carbonyl (C=O) groups is 2. The van der Waals surface area contributed by atoms with E-state index in [4.69, 9.17) is 23.7 Å². The van der Waals surface area contributed by atoms with Gasteiger partial charge in [-0.15, -0.1) is 0 Å². The molecule has 0 saturated carbocycles. The Morgan fingerprint density at radius 2 is 1.43 bits per heavy atom. The van der Waals surface area contributed by atoms with Gasteiger partial charge < -0.3 is 28.8 Å². The molecule has 8 nitrogen and oxygen atoms in total. The molecule has 198 valence electrons. The van der Waals surface area contributed by atoms with Crippen LogP contribution in [0.3, 0.4) is 0 Å². The lowest BCUT2D eigenvalue weighted by Gasteiger charge is -2.15. The summed E-state index contributed by atoms with van der Waals surface area (Å²) in [5.74, 6) is -1.47.